The van der Waals surface area contributed by atoms with Crippen LogP contribution in [-0.4, -0.2) is 18.6 Å². The minimum Gasteiger partial charge on any atom is -0.493 e. The van der Waals surface area contributed by atoms with Crippen LogP contribution in [0.15, 0.2) is 18.2 Å². The molecule has 2 aromatic rings. The standard InChI is InChI=1S/C15H20N2O2S/c1-10-11(2)20-15(17-10)9-19-13-5-4-12(6-7-16)8-14(13)18-3/h4-5,8H,6-7,9,16H2,1-3H3. The van der Waals surface area contributed by atoms with E-state index in [2.05, 4.69) is 11.9 Å². The van der Waals surface area contributed by atoms with E-state index in [-0.39, 0.29) is 0 Å². The number of nitrogens with zero attached hydrogens (tertiary/aromatic N) is 1. The zero-order valence-electron chi connectivity index (χ0n) is 12.1. The monoisotopic (exact) mass is 292 g/mol. The fourth-order valence-electron chi connectivity index (χ4n) is 1.89. The number of benzene rings is 1. The predicted molar refractivity (Wildman–Crippen MR) is 81.7 cm³/mol. The lowest BCUT2D eigenvalue weighted by Crippen LogP contribution is -2.03. The molecule has 0 spiro atoms. The maximum atomic E-state index is 5.81. The molecule has 5 heteroatoms. The van der Waals surface area contributed by atoms with E-state index in [1.165, 1.54) is 4.88 Å². The minimum atomic E-state index is 0.464. The molecular weight excluding hydrogens is 272 g/mol. The number of thiazole rings is 1. The molecule has 0 unspecified atom stereocenters. The van der Waals surface area contributed by atoms with Gasteiger partial charge in [-0.2, -0.15) is 0 Å². The lowest BCUT2D eigenvalue weighted by molar-refractivity contribution is 0.283. The average molecular weight is 292 g/mol. The summed E-state index contributed by atoms with van der Waals surface area (Å²) in [5, 5.41) is 0.980. The Labute approximate surface area is 123 Å². The first-order chi connectivity index (χ1) is 9.63. The fraction of sp³-hybridized carbons (Fsp3) is 0.400. The maximum absolute atomic E-state index is 5.81. The van der Waals surface area contributed by atoms with Crippen LogP contribution in [-0.2, 0) is 13.0 Å². The van der Waals surface area contributed by atoms with Crippen molar-refractivity contribution >= 4 is 11.3 Å². The molecule has 0 radical (unpaired) electrons. The van der Waals surface area contributed by atoms with Gasteiger partial charge in [0, 0.05) is 4.88 Å². The summed E-state index contributed by atoms with van der Waals surface area (Å²) in [5.41, 5.74) is 7.78. The Morgan fingerprint density at radius 1 is 1.25 bits per heavy atom. The van der Waals surface area contributed by atoms with Gasteiger partial charge in [0.2, 0.25) is 0 Å². The molecule has 0 aliphatic rings. The van der Waals surface area contributed by atoms with Gasteiger partial charge in [-0.05, 0) is 44.5 Å². The van der Waals surface area contributed by atoms with E-state index in [9.17, 15) is 0 Å². The summed E-state index contributed by atoms with van der Waals surface area (Å²) in [5.74, 6) is 1.47. The summed E-state index contributed by atoms with van der Waals surface area (Å²) in [6.07, 6.45) is 0.835. The van der Waals surface area contributed by atoms with Gasteiger partial charge >= 0.3 is 0 Å². The minimum absolute atomic E-state index is 0.464. The van der Waals surface area contributed by atoms with E-state index >= 15 is 0 Å². The molecule has 1 aromatic heterocycles. The van der Waals surface area contributed by atoms with Crippen LogP contribution in [0.1, 0.15) is 21.1 Å². The highest BCUT2D eigenvalue weighted by Crippen LogP contribution is 2.29. The first kappa shape index (κ1) is 14.8. The Morgan fingerprint density at radius 2 is 2.05 bits per heavy atom. The number of aromatic nitrogens is 1. The van der Waals surface area contributed by atoms with Crippen molar-refractivity contribution in [3.8, 4) is 11.5 Å². The van der Waals surface area contributed by atoms with E-state index < -0.39 is 0 Å². The normalized spacial score (nSPS) is 10.6. The average Bonchev–Trinajstić information content (AvgIpc) is 2.76. The molecule has 0 aliphatic heterocycles. The zero-order chi connectivity index (χ0) is 14.5. The first-order valence-electron chi connectivity index (χ1n) is 6.56. The highest BCUT2D eigenvalue weighted by molar-refractivity contribution is 7.11. The molecule has 2 rings (SSSR count). The zero-order valence-corrected chi connectivity index (χ0v) is 12.9. The second-order valence-electron chi connectivity index (χ2n) is 4.56. The second-order valence-corrected chi connectivity index (χ2v) is 5.85. The Balaban J connectivity index is 2.08. The number of rotatable bonds is 6. The molecule has 2 N–H and O–H groups in total. The van der Waals surface area contributed by atoms with Crippen molar-refractivity contribution in [2.45, 2.75) is 26.9 Å². The molecule has 0 aliphatic carbocycles. The van der Waals surface area contributed by atoms with Crippen LogP contribution in [0, 0.1) is 13.8 Å². The topological polar surface area (TPSA) is 57.4 Å². The fourth-order valence-corrected chi connectivity index (χ4v) is 2.74. The molecule has 0 fully saturated rings. The summed E-state index contributed by atoms with van der Waals surface area (Å²) in [4.78, 5) is 5.69. The van der Waals surface area contributed by atoms with Gasteiger partial charge in [-0.1, -0.05) is 6.07 Å². The third-order valence-corrected chi connectivity index (χ3v) is 4.13. The van der Waals surface area contributed by atoms with Crippen LogP contribution in [0.25, 0.3) is 0 Å². The summed E-state index contributed by atoms with van der Waals surface area (Å²) in [7, 11) is 1.64. The summed E-state index contributed by atoms with van der Waals surface area (Å²) in [6, 6.07) is 5.92. The van der Waals surface area contributed by atoms with E-state index in [4.69, 9.17) is 15.2 Å². The molecule has 1 heterocycles. The van der Waals surface area contributed by atoms with Crippen molar-refractivity contribution in [2.24, 2.45) is 5.73 Å². The third kappa shape index (κ3) is 3.49. The highest BCUT2D eigenvalue weighted by atomic mass is 32.1. The maximum Gasteiger partial charge on any atom is 0.161 e. The second kappa shape index (κ2) is 6.72. The Morgan fingerprint density at radius 3 is 2.65 bits per heavy atom. The van der Waals surface area contributed by atoms with Crippen LogP contribution < -0.4 is 15.2 Å². The SMILES string of the molecule is COc1cc(CCN)ccc1OCc1nc(C)c(C)s1. The van der Waals surface area contributed by atoms with Gasteiger partial charge in [-0.15, -0.1) is 11.3 Å². The molecule has 4 nitrogen and oxygen atoms in total. The van der Waals surface area contributed by atoms with Crippen molar-refractivity contribution < 1.29 is 9.47 Å². The molecule has 108 valence electrons. The first-order valence-corrected chi connectivity index (χ1v) is 7.38. The molecule has 0 bridgehead atoms. The Kier molecular flexibility index (Phi) is 4.98. The largest absolute Gasteiger partial charge is 0.493 e. The Bertz CT molecular complexity index is 562. The molecule has 20 heavy (non-hydrogen) atoms. The smallest absolute Gasteiger partial charge is 0.161 e. The van der Waals surface area contributed by atoms with Gasteiger partial charge in [0.25, 0.3) is 0 Å². The number of ether oxygens (including phenoxy) is 2. The molecular formula is C15H20N2O2S. The van der Waals surface area contributed by atoms with Crippen LogP contribution in [0.4, 0.5) is 0 Å². The Hall–Kier alpha value is -1.59. The van der Waals surface area contributed by atoms with E-state index in [0.717, 1.165) is 34.2 Å². The lowest BCUT2D eigenvalue weighted by atomic mass is 10.1. The van der Waals surface area contributed by atoms with Crippen molar-refractivity contribution in [1.29, 1.82) is 0 Å². The lowest BCUT2D eigenvalue weighted by Gasteiger charge is -2.11. The number of methoxy groups -OCH3 is 1. The molecule has 1 aromatic carbocycles. The van der Waals surface area contributed by atoms with Crippen LogP contribution in [0.2, 0.25) is 0 Å². The van der Waals surface area contributed by atoms with E-state index in [0.29, 0.717) is 13.2 Å². The van der Waals surface area contributed by atoms with E-state index in [1.54, 1.807) is 18.4 Å². The van der Waals surface area contributed by atoms with Crippen molar-refractivity contribution in [1.82, 2.24) is 4.98 Å². The molecule has 0 amide bonds. The molecule has 0 atom stereocenters. The van der Waals surface area contributed by atoms with Crippen LogP contribution in [0.3, 0.4) is 0 Å². The number of aryl methyl sites for hydroxylation is 2. The van der Waals surface area contributed by atoms with Gasteiger partial charge < -0.3 is 15.2 Å². The summed E-state index contributed by atoms with van der Waals surface area (Å²) < 4.78 is 11.2. The highest BCUT2D eigenvalue weighted by Gasteiger charge is 2.08. The van der Waals surface area contributed by atoms with Gasteiger partial charge in [0.1, 0.15) is 11.6 Å². The van der Waals surface area contributed by atoms with Gasteiger partial charge in [-0.25, -0.2) is 4.98 Å². The van der Waals surface area contributed by atoms with Crippen molar-refractivity contribution in [3.05, 3.63) is 39.3 Å². The number of hydrogen-bond acceptors (Lipinski definition) is 5. The quantitative estimate of drug-likeness (QED) is 0.889. The van der Waals surface area contributed by atoms with Crippen LogP contribution in [0.5, 0.6) is 11.5 Å². The molecule has 0 saturated carbocycles. The van der Waals surface area contributed by atoms with Crippen molar-refractivity contribution in [2.75, 3.05) is 13.7 Å². The van der Waals surface area contributed by atoms with Gasteiger partial charge in [0.15, 0.2) is 11.5 Å². The van der Waals surface area contributed by atoms with Gasteiger partial charge in [-0.3, -0.25) is 0 Å². The summed E-state index contributed by atoms with van der Waals surface area (Å²) >= 11 is 1.66. The van der Waals surface area contributed by atoms with Crippen LogP contribution >= 0.6 is 11.3 Å². The number of hydrogen-bond donors (Lipinski definition) is 1. The van der Waals surface area contributed by atoms with E-state index in [1.807, 2.05) is 25.1 Å². The van der Waals surface area contributed by atoms with Crippen molar-refractivity contribution in [3.63, 3.8) is 0 Å². The number of nitrogens with two attached hydrogens (primary N) is 1. The predicted octanol–water partition coefficient (Wildman–Crippen LogP) is 2.85. The molecule has 0 saturated heterocycles. The van der Waals surface area contributed by atoms with Gasteiger partial charge in [0.05, 0.1) is 12.8 Å². The third-order valence-electron chi connectivity index (χ3n) is 3.09. The summed E-state index contributed by atoms with van der Waals surface area (Å²) in [6.45, 7) is 5.17.